The molecular formula is C20H22O2. The van der Waals surface area contributed by atoms with Crippen LogP contribution in [0.4, 0.5) is 0 Å². The van der Waals surface area contributed by atoms with Crippen molar-refractivity contribution in [3.8, 4) is 11.5 Å². The Morgan fingerprint density at radius 2 is 0.909 bits per heavy atom. The molecule has 2 nitrogen and oxygen atoms in total. The fraction of sp³-hybridized carbons (Fsp3) is 0.400. The average molecular weight is 294 g/mol. The Morgan fingerprint density at radius 1 is 0.591 bits per heavy atom. The lowest BCUT2D eigenvalue weighted by Crippen LogP contribution is -2.15. The van der Waals surface area contributed by atoms with E-state index in [1.165, 1.54) is 36.8 Å². The van der Waals surface area contributed by atoms with Crippen molar-refractivity contribution in [3.05, 3.63) is 59.7 Å². The van der Waals surface area contributed by atoms with Crippen LogP contribution in [0, 0.1) is 11.8 Å². The van der Waals surface area contributed by atoms with E-state index in [9.17, 15) is 10.2 Å². The summed E-state index contributed by atoms with van der Waals surface area (Å²) in [6, 6.07) is 15.6. The summed E-state index contributed by atoms with van der Waals surface area (Å²) >= 11 is 0. The van der Waals surface area contributed by atoms with Crippen LogP contribution < -0.4 is 0 Å². The molecule has 2 aliphatic carbocycles. The Labute approximate surface area is 131 Å². The molecule has 2 saturated carbocycles. The van der Waals surface area contributed by atoms with Crippen LogP contribution in [0.5, 0.6) is 11.5 Å². The molecule has 0 heterocycles. The molecule has 0 saturated heterocycles. The Kier molecular flexibility index (Phi) is 3.33. The molecule has 2 N–H and O–H groups in total. The molecule has 0 amide bonds. The molecule has 22 heavy (non-hydrogen) atoms. The van der Waals surface area contributed by atoms with Crippen LogP contribution in [0.3, 0.4) is 0 Å². The van der Waals surface area contributed by atoms with Crippen molar-refractivity contribution >= 4 is 0 Å². The quantitative estimate of drug-likeness (QED) is 0.832. The van der Waals surface area contributed by atoms with E-state index in [1.807, 2.05) is 24.3 Å². The summed E-state index contributed by atoms with van der Waals surface area (Å²) in [5.41, 5.74) is 2.70. The zero-order valence-corrected chi connectivity index (χ0v) is 12.7. The lowest BCUT2D eigenvalue weighted by atomic mass is 9.75. The molecule has 2 aromatic rings. The summed E-state index contributed by atoms with van der Waals surface area (Å²) in [6.07, 6.45) is 5.25. The van der Waals surface area contributed by atoms with Crippen molar-refractivity contribution in [2.45, 2.75) is 37.5 Å². The zero-order valence-electron chi connectivity index (χ0n) is 12.7. The Balaban J connectivity index is 1.72. The average Bonchev–Trinajstić information content (AvgIpc) is 3.40. The second kappa shape index (κ2) is 5.35. The fourth-order valence-electron chi connectivity index (χ4n) is 3.85. The molecule has 0 unspecified atom stereocenters. The maximum atomic E-state index is 9.57. The third-order valence-electron chi connectivity index (χ3n) is 5.20. The largest absolute Gasteiger partial charge is 0.508 e. The van der Waals surface area contributed by atoms with E-state index in [2.05, 4.69) is 24.3 Å². The van der Waals surface area contributed by atoms with Gasteiger partial charge in [0.05, 0.1) is 0 Å². The van der Waals surface area contributed by atoms with Crippen LogP contribution >= 0.6 is 0 Å². The molecule has 114 valence electrons. The van der Waals surface area contributed by atoms with Gasteiger partial charge in [0.2, 0.25) is 0 Å². The first kappa shape index (κ1) is 13.7. The van der Waals surface area contributed by atoms with E-state index in [-0.39, 0.29) is 0 Å². The third-order valence-corrected chi connectivity index (χ3v) is 5.20. The van der Waals surface area contributed by atoms with E-state index < -0.39 is 0 Å². The highest BCUT2D eigenvalue weighted by Crippen LogP contribution is 2.57. The number of phenolic OH excluding ortho intramolecular Hbond substituents is 2. The third kappa shape index (κ3) is 2.70. The van der Waals surface area contributed by atoms with Crippen molar-refractivity contribution in [2.75, 3.05) is 0 Å². The summed E-state index contributed by atoms with van der Waals surface area (Å²) in [5.74, 6) is 3.29. The first-order chi connectivity index (χ1) is 10.7. The molecule has 0 spiro atoms. The van der Waals surface area contributed by atoms with Crippen molar-refractivity contribution in [1.82, 2.24) is 0 Å². The SMILES string of the molecule is Oc1ccc([C@H](C2CC2)[C@@H](c2ccc(O)cc2)C2CC2)cc1. The van der Waals surface area contributed by atoms with Gasteiger partial charge >= 0.3 is 0 Å². The van der Waals surface area contributed by atoms with Crippen molar-refractivity contribution < 1.29 is 10.2 Å². The summed E-state index contributed by atoms with van der Waals surface area (Å²) in [6.45, 7) is 0. The molecule has 2 heteroatoms. The zero-order chi connectivity index (χ0) is 15.1. The monoisotopic (exact) mass is 294 g/mol. The molecule has 0 aromatic heterocycles. The number of phenols is 2. The molecule has 0 bridgehead atoms. The van der Waals surface area contributed by atoms with Crippen LogP contribution in [0.1, 0.15) is 48.6 Å². The minimum atomic E-state index is 0.339. The highest BCUT2D eigenvalue weighted by atomic mass is 16.3. The van der Waals surface area contributed by atoms with Gasteiger partial charge in [-0.2, -0.15) is 0 Å². The lowest BCUT2D eigenvalue weighted by Gasteiger charge is -2.28. The predicted octanol–water partition coefficient (Wildman–Crippen LogP) is 4.79. The standard InChI is InChI=1S/C20H22O2/c21-17-9-5-15(6-10-17)19(13-1-2-13)20(14-3-4-14)16-7-11-18(22)12-8-16/h5-14,19-22H,1-4H2/t19-,20+. The highest BCUT2D eigenvalue weighted by Gasteiger charge is 2.44. The molecular weight excluding hydrogens is 272 g/mol. The highest BCUT2D eigenvalue weighted by molar-refractivity contribution is 5.37. The Bertz CT molecular complexity index is 577. The van der Waals surface area contributed by atoms with E-state index in [1.54, 1.807) is 0 Å². The number of hydrogen-bond donors (Lipinski definition) is 2. The summed E-state index contributed by atoms with van der Waals surface area (Å²) in [7, 11) is 0. The molecule has 4 rings (SSSR count). The number of aromatic hydroxyl groups is 2. The van der Waals surface area contributed by atoms with Gasteiger partial charge < -0.3 is 10.2 Å². The van der Waals surface area contributed by atoms with Crippen molar-refractivity contribution in [1.29, 1.82) is 0 Å². The van der Waals surface area contributed by atoms with E-state index >= 15 is 0 Å². The van der Waals surface area contributed by atoms with Crippen molar-refractivity contribution in [2.24, 2.45) is 11.8 Å². The smallest absolute Gasteiger partial charge is 0.115 e. The second-order valence-corrected chi connectivity index (χ2v) is 6.91. The van der Waals surface area contributed by atoms with Crippen LogP contribution in [-0.2, 0) is 0 Å². The van der Waals surface area contributed by atoms with Gasteiger partial charge in [0.15, 0.2) is 0 Å². The van der Waals surface area contributed by atoms with Gasteiger partial charge in [-0.15, -0.1) is 0 Å². The second-order valence-electron chi connectivity index (χ2n) is 6.91. The van der Waals surface area contributed by atoms with Gasteiger partial charge in [0.25, 0.3) is 0 Å². The van der Waals surface area contributed by atoms with Gasteiger partial charge in [0, 0.05) is 0 Å². The maximum Gasteiger partial charge on any atom is 0.115 e. The summed E-state index contributed by atoms with van der Waals surface area (Å²) < 4.78 is 0. The van der Waals surface area contributed by atoms with Gasteiger partial charge in [-0.05, 0) is 84.7 Å². The van der Waals surface area contributed by atoms with E-state index in [0.717, 1.165) is 11.8 Å². The fourth-order valence-corrected chi connectivity index (χ4v) is 3.85. The number of rotatable bonds is 5. The molecule has 2 atom stereocenters. The molecule has 2 aliphatic rings. The van der Waals surface area contributed by atoms with Crippen LogP contribution in [0.2, 0.25) is 0 Å². The summed E-state index contributed by atoms with van der Waals surface area (Å²) in [5, 5.41) is 19.1. The van der Waals surface area contributed by atoms with Gasteiger partial charge in [-0.3, -0.25) is 0 Å². The first-order valence-electron chi connectivity index (χ1n) is 8.30. The van der Waals surface area contributed by atoms with Gasteiger partial charge in [-0.1, -0.05) is 24.3 Å². The van der Waals surface area contributed by atoms with Crippen LogP contribution in [-0.4, -0.2) is 10.2 Å². The van der Waals surface area contributed by atoms with E-state index in [0.29, 0.717) is 23.3 Å². The predicted molar refractivity (Wildman–Crippen MR) is 87.1 cm³/mol. The van der Waals surface area contributed by atoms with Gasteiger partial charge in [-0.25, -0.2) is 0 Å². The van der Waals surface area contributed by atoms with Crippen molar-refractivity contribution in [3.63, 3.8) is 0 Å². The van der Waals surface area contributed by atoms with Crippen LogP contribution in [0.25, 0.3) is 0 Å². The van der Waals surface area contributed by atoms with Gasteiger partial charge in [0.1, 0.15) is 11.5 Å². The topological polar surface area (TPSA) is 40.5 Å². The maximum absolute atomic E-state index is 9.57. The first-order valence-corrected chi connectivity index (χ1v) is 8.30. The number of hydrogen-bond acceptors (Lipinski definition) is 2. The normalized spacial score (nSPS) is 20.5. The summed E-state index contributed by atoms with van der Waals surface area (Å²) in [4.78, 5) is 0. The molecule has 0 aliphatic heterocycles. The molecule has 2 fully saturated rings. The number of benzene rings is 2. The lowest BCUT2D eigenvalue weighted by molar-refractivity contribution is 0.440. The molecule has 2 aromatic carbocycles. The Hall–Kier alpha value is -1.96. The minimum absolute atomic E-state index is 0.339. The molecule has 0 radical (unpaired) electrons. The minimum Gasteiger partial charge on any atom is -0.508 e. The van der Waals surface area contributed by atoms with E-state index in [4.69, 9.17) is 0 Å². The van der Waals surface area contributed by atoms with Crippen LogP contribution in [0.15, 0.2) is 48.5 Å². The Morgan fingerprint density at radius 3 is 1.18 bits per heavy atom.